The van der Waals surface area contributed by atoms with Crippen LogP contribution in [0.25, 0.3) is 0 Å². The minimum Gasteiger partial charge on any atom is -0.394 e. The fourth-order valence-corrected chi connectivity index (χ4v) is 7.28. The number of alkyl halides is 1. The minimum atomic E-state index is -1.68. The van der Waals surface area contributed by atoms with E-state index < -0.39 is 29.2 Å². The SMILES string of the molecule is C[C@H]1[C@H](C(C)(C)F)[C@@H](CC(=O)N2CCC[C@H]2CO)O[C@]12C(=O)N(Cc1ccccc1)c1ccc(I)cc12. The molecule has 3 heterocycles. The second kappa shape index (κ2) is 9.93. The number of ether oxygens (including phenoxy) is 1. The molecule has 5 rings (SSSR count). The Labute approximate surface area is 231 Å². The number of fused-ring (bicyclic) bond motifs is 2. The molecule has 0 bridgehead atoms. The molecule has 198 valence electrons. The van der Waals surface area contributed by atoms with E-state index >= 15 is 4.39 Å². The molecule has 2 saturated heterocycles. The van der Waals surface area contributed by atoms with Gasteiger partial charge in [-0.2, -0.15) is 0 Å². The lowest BCUT2D eigenvalue weighted by molar-refractivity contribution is -0.150. The first-order valence-corrected chi connectivity index (χ1v) is 14.1. The number of aliphatic hydroxyl groups excluding tert-OH is 1. The van der Waals surface area contributed by atoms with Crippen LogP contribution in [0, 0.1) is 15.4 Å². The van der Waals surface area contributed by atoms with Crippen LogP contribution in [-0.4, -0.2) is 52.8 Å². The van der Waals surface area contributed by atoms with E-state index in [1.165, 1.54) is 13.8 Å². The van der Waals surface area contributed by atoms with E-state index in [9.17, 15) is 14.7 Å². The van der Waals surface area contributed by atoms with Gasteiger partial charge in [-0.1, -0.05) is 37.3 Å². The summed E-state index contributed by atoms with van der Waals surface area (Å²) in [6.07, 6.45) is 0.796. The third-order valence-corrected chi connectivity index (χ3v) is 9.06. The van der Waals surface area contributed by atoms with Crippen molar-refractivity contribution in [1.29, 1.82) is 0 Å². The Morgan fingerprint density at radius 2 is 1.97 bits per heavy atom. The quantitative estimate of drug-likeness (QED) is 0.472. The van der Waals surface area contributed by atoms with Crippen molar-refractivity contribution in [3.05, 3.63) is 63.2 Å². The standard InChI is InChI=1S/C29H34FIN2O4/c1-18-26(28(2,3)30)24(15-25(35)32-13-7-10-21(32)17-34)37-29(18)22-14-20(31)11-12-23(22)33(27(29)36)16-19-8-5-4-6-9-19/h4-6,8-9,11-12,14,18,21,24,26,34H,7,10,13,15-17H2,1-3H3/t18-,21-,24+,26-,29+/m0/s1. The van der Waals surface area contributed by atoms with Gasteiger partial charge in [-0.25, -0.2) is 4.39 Å². The number of likely N-dealkylation sites (tertiary alicyclic amines) is 1. The number of halogens is 2. The zero-order valence-corrected chi connectivity index (χ0v) is 23.7. The average Bonchev–Trinajstić information content (AvgIpc) is 3.50. The maximum atomic E-state index is 15.9. The van der Waals surface area contributed by atoms with Gasteiger partial charge in [-0.05, 0) is 73.0 Å². The Kier molecular flexibility index (Phi) is 7.13. The molecule has 1 spiro atoms. The molecule has 37 heavy (non-hydrogen) atoms. The highest BCUT2D eigenvalue weighted by molar-refractivity contribution is 14.1. The van der Waals surface area contributed by atoms with Crippen molar-refractivity contribution in [2.45, 2.75) is 70.0 Å². The minimum absolute atomic E-state index is 0.0220. The van der Waals surface area contributed by atoms with Crippen LogP contribution in [0.15, 0.2) is 48.5 Å². The molecule has 2 amide bonds. The predicted octanol–water partition coefficient (Wildman–Crippen LogP) is 4.81. The second-order valence-electron chi connectivity index (χ2n) is 11.1. The first kappa shape index (κ1) is 26.6. The summed E-state index contributed by atoms with van der Waals surface area (Å²) >= 11 is 2.22. The lowest BCUT2D eigenvalue weighted by atomic mass is 9.71. The number of hydrogen-bond acceptors (Lipinski definition) is 4. The van der Waals surface area contributed by atoms with Crippen LogP contribution < -0.4 is 4.90 Å². The molecule has 0 radical (unpaired) electrons. The number of aliphatic hydroxyl groups is 1. The third-order valence-electron chi connectivity index (χ3n) is 8.39. The summed E-state index contributed by atoms with van der Waals surface area (Å²) in [7, 11) is 0. The molecule has 0 unspecified atom stereocenters. The van der Waals surface area contributed by atoms with E-state index in [-0.39, 0.29) is 30.9 Å². The molecule has 3 aliphatic heterocycles. The Hall–Kier alpha value is -2.04. The first-order valence-electron chi connectivity index (χ1n) is 13.0. The lowest BCUT2D eigenvalue weighted by Gasteiger charge is -2.33. The van der Waals surface area contributed by atoms with Gasteiger partial charge in [0.25, 0.3) is 5.91 Å². The molecule has 6 nitrogen and oxygen atoms in total. The van der Waals surface area contributed by atoms with Crippen molar-refractivity contribution >= 4 is 40.1 Å². The Balaban J connectivity index is 1.54. The topological polar surface area (TPSA) is 70.1 Å². The summed E-state index contributed by atoms with van der Waals surface area (Å²) < 4.78 is 23.5. The zero-order valence-electron chi connectivity index (χ0n) is 21.5. The normalized spacial score (nSPS) is 29.4. The molecule has 3 aliphatic rings. The van der Waals surface area contributed by atoms with E-state index in [1.54, 1.807) is 9.80 Å². The Bertz CT molecular complexity index is 1190. The van der Waals surface area contributed by atoms with Crippen molar-refractivity contribution in [3.8, 4) is 0 Å². The molecule has 1 N–H and O–H groups in total. The van der Waals surface area contributed by atoms with Gasteiger partial charge in [0.1, 0.15) is 5.67 Å². The molecular weight excluding hydrogens is 586 g/mol. The van der Waals surface area contributed by atoms with Gasteiger partial charge in [-0.15, -0.1) is 0 Å². The van der Waals surface area contributed by atoms with Gasteiger partial charge in [-0.3, -0.25) is 9.59 Å². The fraction of sp³-hybridized carbons (Fsp3) is 0.517. The maximum absolute atomic E-state index is 15.9. The highest BCUT2D eigenvalue weighted by Gasteiger charge is 2.66. The number of carbonyl (C=O) groups is 2. The van der Waals surface area contributed by atoms with Crippen LogP contribution in [0.2, 0.25) is 0 Å². The molecule has 0 aromatic heterocycles. The van der Waals surface area contributed by atoms with E-state index in [4.69, 9.17) is 4.74 Å². The summed E-state index contributed by atoms with van der Waals surface area (Å²) in [4.78, 5) is 31.1. The highest BCUT2D eigenvalue weighted by atomic mass is 127. The van der Waals surface area contributed by atoms with Crippen molar-refractivity contribution in [2.75, 3.05) is 18.1 Å². The number of amides is 2. The largest absolute Gasteiger partial charge is 0.394 e. The van der Waals surface area contributed by atoms with Crippen LogP contribution >= 0.6 is 22.6 Å². The van der Waals surface area contributed by atoms with Crippen LogP contribution in [0.4, 0.5) is 10.1 Å². The van der Waals surface area contributed by atoms with Gasteiger partial charge in [0.05, 0.1) is 37.4 Å². The van der Waals surface area contributed by atoms with Gasteiger partial charge < -0.3 is 19.6 Å². The molecular formula is C29H34FIN2O4. The monoisotopic (exact) mass is 620 g/mol. The van der Waals surface area contributed by atoms with Crippen LogP contribution in [0.3, 0.4) is 0 Å². The van der Waals surface area contributed by atoms with Crippen LogP contribution in [0.1, 0.15) is 51.2 Å². The van der Waals surface area contributed by atoms with Crippen LogP contribution in [-0.2, 0) is 26.5 Å². The average molecular weight is 621 g/mol. The second-order valence-corrected chi connectivity index (χ2v) is 12.3. The van der Waals surface area contributed by atoms with E-state index in [0.717, 1.165) is 33.2 Å². The number of hydrogen-bond donors (Lipinski definition) is 1. The number of nitrogens with zero attached hydrogens (tertiary/aromatic N) is 2. The summed E-state index contributed by atoms with van der Waals surface area (Å²) in [6, 6.07) is 15.4. The molecule has 2 fully saturated rings. The smallest absolute Gasteiger partial charge is 0.264 e. The fourth-order valence-electron chi connectivity index (χ4n) is 6.79. The Morgan fingerprint density at radius 1 is 1.24 bits per heavy atom. The number of benzene rings is 2. The summed E-state index contributed by atoms with van der Waals surface area (Å²) in [5.41, 5.74) is -0.549. The summed E-state index contributed by atoms with van der Waals surface area (Å²) in [5.74, 6) is -1.53. The number of rotatable bonds is 6. The van der Waals surface area contributed by atoms with E-state index in [0.29, 0.717) is 13.1 Å². The maximum Gasteiger partial charge on any atom is 0.264 e. The molecule has 8 heteroatoms. The van der Waals surface area contributed by atoms with Crippen molar-refractivity contribution in [2.24, 2.45) is 11.8 Å². The van der Waals surface area contributed by atoms with Gasteiger partial charge in [0, 0.05) is 27.5 Å². The zero-order chi connectivity index (χ0) is 26.5. The first-order chi connectivity index (χ1) is 17.6. The predicted molar refractivity (Wildman–Crippen MR) is 148 cm³/mol. The van der Waals surface area contributed by atoms with Crippen LogP contribution in [0.5, 0.6) is 0 Å². The summed E-state index contributed by atoms with van der Waals surface area (Å²) in [5, 5.41) is 9.72. The molecule has 0 aliphatic carbocycles. The van der Waals surface area contributed by atoms with Crippen molar-refractivity contribution in [3.63, 3.8) is 0 Å². The third kappa shape index (κ3) is 4.48. The van der Waals surface area contributed by atoms with Crippen molar-refractivity contribution < 1.29 is 23.8 Å². The van der Waals surface area contributed by atoms with Gasteiger partial charge >= 0.3 is 0 Å². The lowest BCUT2D eigenvalue weighted by Crippen LogP contribution is -2.45. The van der Waals surface area contributed by atoms with Gasteiger partial charge in [0.2, 0.25) is 5.91 Å². The van der Waals surface area contributed by atoms with E-state index in [2.05, 4.69) is 22.6 Å². The number of carbonyl (C=O) groups excluding carboxylic acids is 2. The van der Waals surface area contributed by atoms with E-state index in [1.807, 2.05) is 55.5 Å². The molecule has 5 atom stereocenters. The van der Waals surface area contributed by atoms with Crippen molar-refractivity contribution in [1.82, 2.24) is 4.90 Å². The Morgan fingerprint density at radius 3 is 2.65 bits per heavy atom. The summed E-state index contributed by atoms with van der Waals surface area (Å²) in [6.45, 7) is 5.77. The highest BCUT2D eigenvalue weighted by Crippen LogP contribution is 2.58. The number of anilines is 1. The van der Waals surface area contributed by atoms with Gasteiger partial charge in [0.15, 0.2) is 5.60 Å². The molecule has 2 aromatic carbocycles. The molecule has 2 aromatic rings. The molecule has 0 saturated carbocycles.